The van der Waals surface area contributed by atoms with Crippen LogP contribution >= 0.6 is 11.8 Å². The van der Waals surface area contributed by atoms with Gasteiger partial charge in [-0.05, 0) is 49.2 Å². The average molecular weight is 460 g/mol. The van der Waals surface area contributed by atoms with Gasteiger partial charge >= 0.3 is 0 Å². The Hall–Kier alpha value is -3.78. The molecule has 1 aromatic heterocycles. The number of carbonyl (C=O) groups is 1. The molecule has 33 heavy (non-hydrogen) atoms. The predicted molar refractivity (Wildman–Crippen MR) is 129 cm³/mol. The highest BCUT2D eigenvalue weighted by molar-refractivity contribution is 7.99. The molecule has 1 amide bonds. The minimum Gasteiger partial charge on any atom is -0.454 e. The van der Waals surface area contributed by atoms with Crippen LogP contribution in [0, 0.1) is 13.8 Å². The van der Waals surface area contributed by atoms with E-state index in [1.54, 1.807) is 28.8 Å². The van der Waals surface area contributed by atoms with E-state index in [-0.39, 0.29) is 24.0 Å². The molecule has 7 nitrogen and oxygen atoms in total. The molecule has 2 heterocycles. The van der Waals surface area contributed by atoms with Crippen molar-refractivity contribution in [1.82, 2.24) is 9.55 Å². The fraction of sp³-hybridized carbons (Fsp3) is 0.160. The van der Waals surface area contributed by atoms with Crippen LogP contribution in [0.1, 0.15) is 11.1 Å². The van der Waals surface area contributed by atoms with E-state index in [9.17, 15) is 9.59 Å². The Bertz CT molecular complexity index is 1430. The molecule has 8 heteroatoms. The first-order chi connectivity index (χ1) is 16.0. The molecule has 0 fully saturated rings. The van der Waals surface area contributed by atoms with Crippen molar-refractivity contribution in [3.05, 3.63) is 82.1 Å². The van der Waals surface area contributed by atoms with Crippen LogP contribution in [0.3, 0.4) is 0 Å². The van der Waals surface area contributed by atoms with Gasteiger partial charge in [0.15, 0.2) is 16.7 Å². The summed E-state index contributed by atoms with van der Waals surface area (Å²) in [6, 6.07) is 18.4. The van der Waals surface area contributed by atoms with Crippen molar-refractivity contribution in [2.75, 3.05) is 17.9 Å². The molecular formula is C25H21N3O4S. The van der Waals surface area contributed by atoms with Crippen molar-refractivity contribution in [2.24, 2.45) is 0 Å². The van der Waals surface area contributed by atoms with Crippen molar-refractivity contribution < 1.29 is 14.3 Å². The number of hydrogen-bond acceptors (Lipinski definition) is 6. The van der Waals surface area contributed by atoms with Crippen molar-refractivity contribution in [2.45, 2.75) is 19.0 Å². The summed E-state index contributed by atoms with van der Waals surface area (Å²) >= 11 is 1.22. The molecule has 1 aliphatic heterocycles. The van der Waals surface area contributed by atoms with Crippen molar-refractivity contribution >= 4 is 34.3 Å². The molecule has 0 spiro atoms. The second-order valence-corrected chi connectivity index (χ2v) is 8.64. The smallest absolute Gasteiger partial charge is 0.266 e. The van der Waals surface area contributed by atoms with Crippen LogP contribution in [0.5, 0.6) is 11.5 Å². The van der Waals surface area contributed by atoms with E-state index < -0.39 is 0 Å². The molecule has 3 aromatic carbocycles. The summed E-state index contributed by atoms with van der Waals surface area (Å²) in [5, 5.41) is 3.87. The maximum absolute atomic E-state index is 13.5. The van der Waals surface area contributed by atoms with Crippen LogP contribution in [-0.2, 0) is 4.79 Å². The highest BCUT2D eigenvalue weighted by Gasteiger charge is 2.18. The Kier molecular flexibility index (Phi) is 5.51. The summed E-state index contributed by atoms with van der Waals surface area (Å²) in [4.78, 5) is 30.9. The van der Waals surface area contributed by atoms with E-state index >= 15 is 0 Å². The van der Waals surface area contributed by atoms with Gasteiger partial charge in [-0.25, -0.2) is 4.98 Å². The molecule has 1 aliphatic rings. The fourth-order valence-electron chi connectivity index (χ4n) is 3.87. The van der Waals surface area contributed by atoms with E-state index in [1.165, 1.54) is 11.8 Å². The van der Waals surface area contributed by atoms with Crippen LogP contribution in [-0.4, -0.2) is 28.0 Å². The average Bonchev–Trinajstić information content (AvgIpc) is 3.27. The number of hydrogen-bond donors (Lipinski definition) is 1. The van der Waals surface area contributed by atoms with Gasteiger partial charge in [0.2, 0.25) is 12.7 Å². The van der Waals surface area contributed by atoms with Crippen LogP contribution in [0.4, 0.5) is 5.69 Å². The Labute approximate surface area is 194 Å². The minimum atomic E-state index is -0.214. The quantitative estimate of drug-likeness (QED) is 0.350. The molecule has 4 aromatic rings. The number of nitrogens with one attached hydrogen (secondary N) is 1. The Morgan fingerprint density at radius 2 is 1.79 bits per heavy atom. The summed E-state index contributed by atoms with van der Waals surface area (Å²) in [5.74, 6) is 1.12. The molecule has 0 saturated carbocycles. The lowest BCUT2D eigenvalue weighted by atomic mass is 10.1. The molecule has 0 saturated heterocycles. The normalized spacial score (nSPS) is 12.2. The Morgan fingerprint density at radius 3 is 2.61 bits per heavy atom. The first kappa shape index (κ1) is 21.1. The second-order valence-electron chi connectivity index (χ2n) is 7.70. The lowest BCUT2D eigenvalue weighted by Gasteiger charge is -2.17. The number of carbonyl (C=O) groups excluding carboxylic acids is 1. The fourth-order valence-corrected chi connectivity index (χ4v) is 4.66. The lowest BCUT2D eigenvalue weighted by molar-refractivity contribution is -0.113. The SMILES string of the molecule is Cc1cccc(C)c1-n1c(SCC(=O)Nc2ccc3c(c2)OCO3)nc2ccccc2c1=O. The van der Waals surface area contributed by atoms with Crippen molar-refractivity contribution in [3.8, 4) is 17.2 Å². The van der Waals surface area contributed by atoms with E-state index in [2.05, 4.69) is 5.32 Å². The first-order valence-corrected chi connectivity index (χ1v) is 11.4. The molecular weight excluding hydrogens is 438 g/mol. The number of ether oxygens (including phenoxy) is 2. The van der Waals surface area contributed by atoms with Crippen LogP contribution in [0.2, 0.25) is 0 Å². The molecule has 0 aliphatic carbocycles. The topological polar surface area (TPSA) is 82.5 Å². The molecule has 0 unspecified atom stereocenters. The third kappa shape index (κ3) is 4.05. The number of nitrogens with zero attached hydrogens (tertiary/aromatic N) is 2. The Morgan fingerprint density at radius 1 is 1.03 bits per heavy atom. The number of aryl methyl sites for hydroxylation is 2. The third-order valence-corrected chi connectivity index (χ3v) is 6.34. The number of amides is 1. The minimum absolute atomic E-state index is 0.0875. The van der Waals surface area contributed by atoms with E-state index in [4.69, 9.17) is 14.5 Å². The van der Waals surface area contributed by atoms with Gasteiger partial charge in [0.25, 0.3) is 5.56 Å². The van der Waals surface area contributed by atoms with Crippen LogP contribution < -0.4 is 20.3 Å². The van der Waals surface area contributed by atoms with Crippen LogP contribution in [0.15, 0.2) is 70.6 Å². The number of fused-ring (bicyclic) bond motifs is 2. The third-order valence-electron chi connectivity index (χ3n) is 5.40. The second kappa shape index (κ2) is 8.63. The number of anilines is 1. The maximum Gasteiger partial charge on any atom is 0.266 e. The number of para-hydroxylation sites is 2. The lowest BCUT2D eigenvalue weighted by Crippen LogP contribution is -2.24. The molecule has 166 valence electrons. The van der Waals surface area contributed by atoms with E-state index in [0.717, 1.165) is 16.8 Å². The summed E-state index contributed by atoms with van der Waals surface area (Å²) in [6.45, 7) is 4.10. The summed E-state index contributed by atoms with van der Waals surface area (Å²) in [6.07, 6.45) is 0. The highest BCUT2D eigenvalue weighted by Crippen LogP contribution is 2.34. The van der Waals surface area contributed by atoms with Gasteiger partial charge in [0.05, 0.1) is 22.3 Å². The zero-order valence-electron chi connectivity index (χ0n) is 18.1. The maximum atomic E-state index is 13.5. The summed E-state index contributed by atoms with van der Waals surface area (Å²) < 4.78 is 12.3. The van der Waals surface area contributed by atoms with E-state index in [0.29, 0.717) is 33.2 Å². The summed E-state index contributed by atoms with van der Waals surface area (Å²) in [5.41, 5.74) is 3.77. The van der Waals surface area contributed by atoms with Crippen molar-refractivity contribution in [1.29, 1.82) is 0 Å². The van der Waals surface area contributed by atoms with Gasteiger partial charge in [-0.15, -0.1) is 0 Å². The van der Waals surface area contributed by atoms with Gasteiger partial charge in [-0.2, -0.15) is 0 Å². The monoisotopic (exact) mass is 459 g/mol. The van der Waals surface area contributed by atoms with Crippen molar-refractivity contribution in [3.63, 3.8) is 0 Å². The molecule has 1 N–H and O–H groups in total. The number of thioether (sulfide) groups is 1. The number of rotatable bonds is 5. The van der Waals surface area contributed by atoms with Gasteiger partial charge < -0.3 is 14.8 Å². The zero-order valence-corrected chi connectivity index (χ0v) is 18.9. The zero-order chi connectivity index (χ0) is 22.9. The molecule has 0 bridgehead atoms. The van der Waals surface area contributed by atoms with Gasteiger partial charge in [0.1, 0.15) is 0 Å². The molecule has 0 radical (unpaired) electrons. The Balaban J connectivity index is 1.47. The van der Waals surface area contributed by atoms with Gasteiger partial charge in [-0.3, -0.25) is 14.2 Å². The number of aromatic nitrogens is 2. The molecule has 5 rings (SSSR count). The van der Waals surface area contributed by atoms with Gasteiger partial charge in [-0.1, -0.05) is 42.1 Å². The number of benzene rings is 3. The standard InChI is InChI=1S/C25H21N3O4S/c1-15-6-5-7-16(2)23(15)28-24(30)18-8-3-4-9-19(18)27-25(28)33-13-22(29)26-17-10-11-20-21(12-17)32-14-31-20/h3-12H,13-14H2,1-2H3,(H,26,29). The molecule has 0 atom stereocenters. The van der Waals surface area contributed by atoms with Crippen LogP contribution in [0.25, 0.3) is 16.6 Å². The first-order valence-electron chi connectivity index (χ1n) is 10.4. The van der Waals surface area contributed by atoms with E-state index in [1.807, 2.05) is 50.2 Å². The highest BCUT2D eigenvalue weighted by atomic mass is 32.2. The van der Waals surface area contributed by atoms with Gasteiger partial charge in [0, 0.05) is 11.8 Å². The largest absolute Gasteiger partial charge is 0.454 e. The summed E-state index contributed by atoms with van der Waals surface area (Å²) in [7, 11) is 0. The predicted octanol–water partition coefficient (Wildman–Crippen LogP) is 4.46.